The molecule has 2 aromatic rings. The van der Waals surface area contributed by atoms with Crippen molar-refractivity contribution in [2.75, 3.05) is 11.9 Å². The van der Waals surface area contributed by atoms with E-state index in [0.29, 0.717) is 5.95 Å². The fraction of sp³-hybridized carbons (Fsp3) is 0.308. The topological polar surface area (TPSA) is 50.7 Å². The van der Waals surface area contributed by atoms with Crippen molar-refractivity contribution in [2.45, 2.75) is 18.3 Å². The Morgan fingerprint density at radius 3 is 2.44 bits per heavy atom. The lowest BCUT2D eigenvalue weighted by atomic mass is 9.97. The zero-order chi connectivity index (χ0) is 12.4. The number of nitrogens with one attached hydrogen (secondary N) is 1. The van der Waals surface area contributed by atoms with Gasteiger partial charge < -0.3 is 5.32 Å². The second kappa shape index (κ2) is 4.33. The van der Waals surface area contributed by atoms with Crippen molar-refractivity contribution in [2.24, 2.45) is 0 Å². The predicted molar refractivity (Wildman–Crippen MR) is 65.6 cm³/mol. The Morgan fingerprint density at radius 1 is 1.17 bits per heavy atom. The van der Waals surface area contributed by atoms with E-state index in [1.165, 1.54) is 18.0 Å². The van der Waals surface area contributed by atoms with Gasteiger partial charge in [0.15, 0.2) is 5.82 Å². The molecule has 0 spiro atoms. The van der Waals surface area contributed by atoms with E-state index in [4.69, 9.17) is 0 Å². The molecule has 0 radical (unpaired) electrons. The van der Waals surface area contributed by atoms with Crippen LogP contribution in [0.4, 0.5) is 10.3 Å². The summed E-state index contributed by atoms with van der Waals surface area (Å²) in [5, 5.41) is 3.16. The number of anilines is 1. The smallest absolute Gasteiger partial charge is 0.222 e. The van der Waals surface area contributed by atoms with Gasteiger partial charge in [-0.1, -0.05) is 0 Å². The average molecular weight is 244 g/mol. The van der Waals surface area contributed by atoms with Crippen LogP contribution in [0.2, 0.25) is 0 Å². The molecule has 1 saturated carbocycles. The summed E-state index contributed by atoms with van der Waals surface area (Å²) in [5.41, 5.74) is 1.45. The Hall–Kier alpha value is -2.04. The first-order valence-electron chi connectivity index (χ1n) is 5.90. The second-order valence-corrected chi connectivity index (χ2v) is 4.59. The zero-order valence-corrected chi connectivity index (χ0v) is 9.81. The first-order chi connectivity index (χ1) is 8.78. The van der Waals surface area contributed by atoms with Crippen molar-refractivity contribution in [1.82, 2.24) is 15.0 Å². The molecule has 0 saturated heterocycles. The molecule has 0 aliphatic heterocycles. The fourth-order valence-corrected chi connectivity index (χ4v) is 2.08. The van der Waals surface area contributed by atoms with Gasteiger partial charge in [-0.05, 0) is 30.5 Å². The Morgan fingerprint density at radius 2 is 1.83 bits per heavy atom. The summed E-state index contributed by atoms with van der Waals surface area (Å²) in [6.45, 7) is 0.767. The van der Waals surface area contributed by atoms with Crippen LogP contribution in [0.15, 0.2) is 36.9 Å². The minimum absolute atomic E-state index is 0.167. The third-order valence-corrected chi connectivity index (χ3v) is 3.35. The monoisotopic (exact) mass is 244 g/mol. The summed E-state index contributed by atoms with van der Waals surface area (Å²) < 4.78 is 12.7. The summed E-state index contributed by atoms with van der Waals surface area (Å²) in [6.07, 6.45) is 8.24. The maximum atomic E-state index is 12.7. The van der Waals surface area contributed by atoms with E-state index < -0.39 is 5.82 Å². The summed E-state index contributed by atoms with van der Waals surface area (Å²) in [7, 11) is 0. The molecule has 5 heteroatoms. The molecular weight excluding hydrogens is 231 g/mol. The minimum atomic E-state index is -0.421. The normalized spacial score (nSPS) is 16.3. The van der Waals surface area contributed by atoms with Crippen LogP contribution < -0.4 is 5.32 Å². The molecule has 1 fully saturated rings. The van der Waals surface area contributed by atoms with Crippen LogP contribution in [-0.2, 0) is 5.41 Å². The van der Waals surface area contributed by atoms with Gasteiger partial charge in [0, 0.05) is 24.4 Å². The number of aromatic nitrogens is 3. The lowest BCUT2D eigenvalue weighted by Gasteiger charge is -2.16. The molecular formula is C13H13FN4. The summed E-state index contributed by atoms with van der Waals surface area (Å²) in [5.74, 6) is 0.0487. The maximum absolute atomic E-state index is 12.7. The largest absolute Gasteiger partial charge is 0.353 e. The molecule has 0 bridgehead atoms. The van der Waals surface area contributed by atoms with Crippen LogP contribution in [0.1, 0.15) is 18.4 Å². The van der Waals surface area contributed by atoms with Gasteiger partial charge in [0.25, 0.3) is 0 Å². The van der Waals surface area contributed by atoms with E-state index >= 15 is 0 Å². The van der Waals surface area contributed by atoms with E-state index in [1.807, 2.05) is 24.5 Å². The van der Waals surface area contributed by atoms with Crippen molar-refractivity contribution >= 4 is 5.95 Å². The fourth-order valence-electron chi connectivity index (χ4n) is 2.08. The molecule has 1 aliphatic rings. The second-order valence-electron chi connectivity index (χ2n) is 4.59. The number of nitrogens with zero attached hydrogens (tertiary/aromatic N) is 3. The van der Waals surface area contributed by atoms with Gasteiger partial charge in [0.2, 0.25) is 5.95 Å². The number of halogens is 1. The van der Waals surface area contributed by atoms with Crippen molar-refractivity contribution in [3.63, 3.8) is 0 Å². The molecule has 2 heterocycles. The van der Waals surface area contributed by atoms with Crippen LogP contribution in [0, 0.1) is 5.82 Å². The highest BCUT2D eigenvalue weighted by molar-refractivity contribution is 5.34. The predicted octanol–water partition coefficient (Wildman–Crippen LogP) is 2.15. The molecule has 0 aromatic carbocycles. The molecule has 4 nitrogen and oxygen atoms in total. The molecule has 0 unspecified atom stereocenters. The number of pyridine rings is 1. The van der Waals surface area contributed by atoms with Gasteiger partial charge in [0.1, 0.15) is 0 Å². The van der Waals surface area contributed by atoms with Crippen molar-refractivity contribution in [3.8, 4) is 0 Å². The van der Waals surface area contributed by atoms with Gasteiger partial charge in [0.05, 0.1) is 12.4 Å². The first kappa shape index (κ1) is 11.1. The summed E-state index contributed by atoms with van der Waals surface area (Å²) in [4.78, 5) is 11.8. The Kier molecular flexibility index (Phi) is 2.66. The highest BCUT2D eigenvalue weighted by atomic mass is 19.1. The van der Waals surface area contributed by atoms with Gasteiger partial charge in [-0.25, -0.2) is 14.4 Å². The van der Waals surface area contributed by atoms with Crippen LogP contribution >= 0.6 is 0 Å². The standard InChI is InChI=1S/C13H13FN4/c14-11-7-16-12(17-8-11)18-9-13(3-4-13)10-1-5-15-6-2-10/h1-2,5-8H,3-4,9H2,(H,16,17,18). The molecule has 1 aliphatic carbocycles. The molecule has 0 atom stereocenters. The van der Waals surface area contributed by atoms with E-state index in [0.717, 1.165) is 19.4 Å². The van der Waals surface area contributed by atoms with Gasteiger partial charge in [-0.2, -0.15) is 0 Å². The quantitative estimate of drug-likeness (QED) is 0.895. The van der Waals surface area contributed by atoms with Crippen molar-refractivity contribution in [1.29, 1.82) is 0 Å². The highest BCUT2D eigenvalue weighted by Gasteiger charge is 2.44. The molecule has 0 amide bonds. The third-order valence-electron chi connectivity index (χ3n) is 3.35. The average Bonchev–Trinajstić information content (AvgIpc) is 3.20. The Bertz CT molecular complexity index is 522. The van der Waals surface area contributed by atoms with Crippen LogP contribution in [0.5, 0.6) is 0 Å². The minimum Gasteiger partial charge on any atom is -0.353 e. The lowest BCUT2D eigenvalue weighted by molar-refractivity contribution is 0.613. The van der Waals surface area contributed by atoms with Crippen molar-refractivity contribution < 1.29 is 4.39 Å². The Balaban J connectivity index is 1.68. The van der Waals surface area contributed by atoms with Gasteiger partial charge >= 0.3 is 0 Å². The zero-order valence-electron chi connectivity index (χ0n) is 9.81. The summed E-state index contributed by atoms with van der Waals surface area (Å²) >= 11 is 0. The third kappa shape index (κ3) is 2.16. The van der Waals surface area contributed by atoms with E-state index in [2.05, 4.69) is 20.3 Å². The van der Waals surface area contributed by atoms with Crippen molar-refractivity contribution in [3.05, 3.63) is 48.3 Å². The van der Waals surface area contributed by atoms with E-state index in [-0.39, 0.29) is 5.41 Å². The van der Waals surface area contributed by atoms with E-state index in [9.17, 15) is 4.39 Å². The maximum Gasteiger partial charge on any atom is 0.222 e. The first-order valence-corrected chi connectivity index (χ1v) is 5.90. The Labute approximate surface area is 104 Å². The van der Waals surface area contributed by atoms with Gasteiger partial charge in [-0.3, -0.25) is 4.98 Å². The molecule has 92 valence electrons. The molecule has 2 aromatic heterocycles. The lowest BCUT2D eigenvalue weighted by Crippen LogP contribution is -2.20. The summed E-state index contributed by atoms with van der Waals surface area (Å²) in [6, 6.07) is 4.08. The number of rotatable bonds is 4. The highest BCUT2D eigenvalue weighted by Crippen LogP contribution is 2.47. The SMILES string of the molecule is Fc1cnc(NCC2(c3ccncc3)CC2)nc1. The van der Waals surface area contributed by atoms with Crippen LogP contribution in [0.3, 0.4) is 0 Å². The molecule has 18 heavy (non-hydrogen) atoms. The van der Waals surface area contributed by atoms with Crippen LogP contribution in [-0.4, -0.2) is 21.5 Å². The van der Waals surface area contributed by atoms with E-state index in [1.54, 1.807) is 0 Å². The van der Waals surface area contributed by atoms with Gasteiger partial charge in [-0.15, -0.1) is 0 Å². The number of hydrogen-bond donors (Lipinski definition) is 1. The van der Waals surface area contributed by atoms with Crippen LogP contribution in [0.25, 0.3) is 0 Å². The molecule has 1 N–H and O–H groups in total. The molecule has 3 rings (SSSR count). The number of hydrogen-bond acceptors (Lipinski definition) is 4.